The highest BCUT2D eigenvalue weighted by molar-refractivity contribution is 6.02. The molecule has 2 bridgehead atoms. The van der Waals surface area contributed by atoms with Crippen LogP contribution in [0.2, 0.25) is 0 Å². The lowest BCUT2D eigenvalue weighted by Gasteiger charge is -2.34. The minimum absolute atomic E-state index is 0.0497. The number of fused-ring (bicyclic) bond motifs is 6. The largest absolute Gasteiger partial charge is 0.486 e. The summed E-state index contributed by atoms with van der Waals surface area (Å²) in [6, 6.07) is 11.8. The maximum absolute atomic E-state index is 15.1. The number of carbonyl (C=O) groups is 9. The average Bonchev–Trinajstić information content (AvgIpc) is 1.60. The van der Waals surface area contributed by atoms with E-state index in [9.17, 15) is 53.0 Å². The van der Waals surface area contributed by atoms with Crippen molar-refractivity contribution in [3.05, 3.63) is 125 Å². The second kappa shape index (κ2) is 37.8. The standard InChI is InChI=1S/C76H103FN14O13/c1-48(2)35-58-73(99)90-44-56(93)41-63(90)76(102)87(7)61(71(97)81-50(5)23-16-11-10-13-20-33-88-43-54(84-85-88)46-103-65-39-53(77)28-29-57(65)69(95)82-58)38-52-27-30-66(80-42-52)89-34-21-14-9-8-12-19-31-79-70(96)60(37-51-24-17-15-18-25-51)86(6)75(101)62-40-55(92)45-91(62)74(100)59(36-49(3)4)83-72(98)68-64(26-22-32-78-68)104-47-67(89)94/h15,17-18,22,24-30,32,39,42-43,48-50,55-56,58-63,92-93H,8-14,16,19-21,23,31,33-38,40-41,44-47H2,1-7H3,(H,79,96)(H,81,97)(H,82,95)(H,83,98)/t50-,55+,56+,58-,59-,60+,61+,62-,63-/m1/s1. The number of ether oxygens (including phenoxy) is 2. The summed E-state index contributed by atoms with van der Waals surface area (Å²) in [4.78, 5) is 148. The van der Waals surface area contributed by atoms with Gasteiger partial charge in [-0.15, -0.1) is 5.10 Å². The van der Waals surface area contributed by atoms with Gasteiger partial charge in [0, 0.05) is 97.0 Å². The molecule has 0 unspecified atom stereocenters. The third kappa shape index (κ3) is 21.6. The smallest absolute Gasteiger partial charge is 0.274 e. The van der Waals surface area contributed by atoms with Crippen molar-refractivity contribution in [3.63, 3.8) is 0 Å². The number of carbonyl (C=O) groups excluding carboxylic acids is 9. The zero-order valence-electron chi connectivity index (χ0n) is 60.9. The highest BCUT2D eigenvalue weighted by atomic mass is 19.1. The fraction of sp³-hybridized carbons (Fsp3) is 0.566. The lowest BCUT2D eigenvalue weighted by atomic mass is 10.0. The Morgan fingerprint density at radius 2 is 1.18 bits per heavy atom. The molecular weight excluding hydrogens is 1340 g/mol. The van der Waals surface area contributed by atoms with Crippen LogP contribution >= 0.6 is 0 Å². The fourth-order valence-electron chi connectivity index (χ4n) is 14.0. The van der Waals surface area contributed by atoms with E-state index in [0.29, 0.717) is 50.0 Å². The molecule has 0 aliphatic carbocycles. The molecule has 2 saturated heterocycles. The van der Waals surface area contributed by atoms with Crippen molar-refractivity contribution in [3.8, 4) is 11.5 Å². The number of pyridine rings is 2. The third-order valence-corrected chi connectivity index (χ3v) is 19.6. The highest BCUT2D eigenvalue weighted by Gasteiger charge is 2.47. The first-order valence-corrected chi connectivity index (χ1v) is 36.8. The number of aromatic nitrogens is 5. The second-order valence-electron chi connectivity index (χ2n) is 28.9. The van der Waals surface area contributed by atoms with Crippen LogP contribution in [0.15, 0.2) is 91.4 Å². The molecule has 6 N–H and O–H groups in total. The van der Waals surface area contributed by atoms with Crippen molar-refractivity contribution >= 4 is 59.0 Å². The molecule has 9 atom stereocenters. The van der Waals surface area contributed by atoms with Crippen molar-refractivity contribution in [1.29, 1.82) is 0 Å². The third-order valence-electron chi connectivity index (χ3n) is 19.6. The van der Waals surface area contributed by atoms with Gasteiger partial charge in [0.15, 0.2) is 18.1 Å². The van der Waals surface area contributed by atoms with E-state index in [1.807, 2.05) is 65.0 Å². The Morgan fingerprint density at radius 3 is 1.82 bits per heavy atom. The SMILES string of the molecule is CC(C)C[C@H]1NC(=O)c2ccc(F)cc2OCc2cn(nn2)CCCCCCC[C@@H](C)NC(=O)[C@H](Cc2ccc(N3CCCCCCCCNC(=O)[C@H](Cc4ccccc4)N(C)C(=O)[C@H]4C[C@H](O)CN4C(=O)[C@@H](CC(C)C)NC(=O)c4ncccc4OCC3=O)nc2)N(C)C(=O)[C@H]2C[C@H](O)CN2C1=O. The summed E-state index contributed by atoms with van der Waals surface area (Å²) < 4.78 is 28.7. The zero-order valence-corrected chi connectivity index (χ0v) is 60.9. The van der Waals surface area contributed by atoms with Gasteiger partial charge in [-0.1, -0.05) is 121 Å². The van der Waals surface area contributed by atoms with Gasteiger partial charge in [0.1, 0.15) is 65.9 Å². The summed E-state index contributed by atoms with van der Waals surface area (Å²) in [5, 5.41) is 42.6. The van der Waals surface area contributed by atoms with E-state index in [1.165, 1.54) is 69.2 Å². The number of aryl methyl sites for hydroxylation is 1. The van der Waals surface area contributed by atoms with E-state index in [4.69, 9.17) is 14.5 Å². The quantitative estimate of drug-likeness (QED) is 0.100. The van der Waals surface area contributed by atoms with Gasteiger partial charge in [0.05, 0.1) is 24.0 Å². The zero-order chi connectivity index (χ0) is 74.6. The summed E-state index contributed by atoms with van der Waals surface area (Å²) in [6.45, 7) is 9.37. The molecule has 4 aliphatic rings. The molecule has 2 aromatic carbocycles. The van der Waals surface area contributed by atoms with Crippen LogP contribution in [0.3, 0.4) is 0 Å². The van der Waals surface area contributed by atoms with Gasteiger partial charge in [-0.3, -0.25) is 52.7 Å². The number of aliphatic hydroxyl groups excluding tert-OH is 2. The van der Waals surface area contributed by atoms with E-state index < -0.39 is 108 Å². The molecule has 27 nitrogen and oxygen atoms in total. The number of amides is 9. The number of halogens is 1. The first kappa shape index (κ1) is 78.7. The molecule has 2 fully saturated rings. The monoisotopic (exact) mass is 1440 g/mol. The summed E-state index contributed by atoms with van der Waals surface area (Å²) in [5.41, 5.74) is 1.52. The second-order valence-corrected chi connectivity index (χ2v) is 28.9. The molecule has 3 aromatic heterocycles. The van der Waals surface area contributed by atoms with Crippen LogP contribution in [0.25, 0.3) is 0 Å². The Bertz CT molecular complexity index is 3750. The molecule has 9 rings (SSSR count). The number of nitrogens with one attached hydrogen (secondary N) is 4. The van der Waals surface area contributed by atoms with Gasteiger partial charge in [0.25, 0.3) is 17.7 Å². The predicted octanol–water partition coefficient (Wildman–Crippen LogP) is 5.88. The minimum Gasteiger partial charge on any atom is -0.486 e. The number of hydrogen-bond donors (Lipinski definition) is 6. The molecule has 28 heteroatoms. The van der Waals surface area contributed by atoms with Crippen LogP contribution in [0.4, 0.5) is 10.2 Å². The van der Waals surface area contributed by atoms with E-state index in [2.05, 4.69) is 36.6 Å². The summed E-state index contributed by atoms with van der Waals surface area (Å²) in [7, 11) is 3.01. The Kier molecular flexibility index (Phi) is 28.6. The van der Waals surface area contributed by atoms with Crippen molar-refractivity contribution in [2.45, 2.75) is 218 Å². The topological polar surface area (TPSA) is 333 Å². The van der Waals surface area contributed by atoms with E-state index in [-0.39, 0.29) is 117 Å². The van der Waals surface area contributed by atoms with Gasteiger partial charge in [0.2, 0.25) is 35.4 Å². The predicted molar refractivity (Wildman–Crippen MR) is 384 cm³/mol. The Hall–Kier alpha value is -9.44. The summed E-state index contributed by atoms with van der Waals surface area (Å²) in [6.07, 6.45) is 11.8. The molecule has 0 spiro atoms. The number of hydrogen-bond acceptors (Lipinski definition) is 17. The van der Waals surface area contributed by atoms with E-state index in [1.54, 1.807) is 23.0 Å². The Morgan fingerprint density at radius 1 is 0.596 bits per heavy atom. The normalized spacial score (nSPS) is 24.6. The average molecular weight is 1440 g/mol. The molecule has 0 radical (unpaired) electrons. The van der Waals surface area contributed by atoms with Gasteiger partial charge >= 0.3 is 0 Å². The lowest BCUT2D eigenvalue weighted by Crippen LogP contribution is -2.57. The number of rotatable bonds is 9. The van der Waals surface area contributed by atoms with Crippen LogP contribution in [0.1, 0.15) is 175 Å². The van der Waals surface area contributed by atoms with Crippen LogP contribution < -0.4 is 35.6 Å². The molecule has 562 valence electrons. The van der Waals surface area contributed by atoms with Crippen LogP contribution in [-0.4, -0.2) is 209 Å². The maximum Gasteiger partial charge on any atom is 0.274 e. The van der Waals surface area contributed by atoms with Crippen LogP contribution in [0.5, 0.6) is 11.5 Å². The van der Waals surface area contributed by atoms with Crippen molar-refractivity contribution in [2.75, 3.05) is 51.8 Å². The molecular formula is C76H103FN14O13. The lowest BCUT2D eigenvalue weighted by molar-refractivity contribution is -0.147. The van der Waals surface area contributed by atoms with Gasteiger partial charge in [-0.25, -0.2) is 14.4 Å². The number of benzene rings is 2. The summed E-state index contributed by atoms with van der Waals surface area (Å²) >= 11 is 0. The van der Waals surface area contributed by atoms with Crippen molar-refractivity contribution in [2.24, 2.45) is 11.8 Å². The first-order chi connectivity index (χ1) is 49.9. The number of likely N-dealkylation sites (N-methyl/N-ethyl adjacent to an activating group) is 2. The first-order valence-electron chi connectivity index (χ1n) is 36.8. The molecule has 9 amide bonds. The Labute approximate surface area is 607 Å². The Balaban J connectivity index is 0.961. The fourth-order valence-corrected chi connectivity index (χ4v) is 14.0. The number of aliphatic hydroxyl groups is 2. The minimum atomic E-state index is -1.26. The molecule has 4 aliphatic heterocycles. The van der Waals surface area contributed by atoms with Gasteiger partial charge in [-0.2, -0.15) is 0 Å². The van der Waals surface area contributed by atoms with Crippen LogP contribution in [0, 0.1) is 17.7 Å². The molecule has 7 heterocycles. The van der Waals surface area contributed by atoms with Gasteiger partial charge < -0.3 is 60.6 Å². The van der Waals surface area contributed by atoms with Crippen molar-refractivity contribution in [1.82, 2.24) is 65.8 Å². The molecule has 0 saturated carbocycles. The molecule has 104 heavy (non-hydrogen) atoms. The molecule has 5 aromatic rings. The van der Waals surface area contributed by atoms with E-state index in [0.717, 1.165) is 69.1 Å². The van der Waals surface area contributed by atoms with Crippen LogP contribution in [-0.2, 0) is 59.6 Å². The van der Waals surface area contributed by atoms with E-state index >= 15 is 4.79 Å². The van der Waals surface area contributed by atoms with Gasteiger partial charge in [-0.05, 0) is 98.7 Å². The number of nitrogens with zero attached hydrogens (tertiary/aromatic N) is 10. The maximum atomic E-state index is 15.1. The van der Waals surface area contributed by atoms with Crippen molar-refractivity contribution < 1.29 is 67.2 Å². The summed E-state index contributed by atoms with van der Waals surface area (Å²) in [5.74, 6) is -6.18. The highest BCUT2D eigenvalue weighted by Crippen LogP contribution is 2.29. The number of anilines is 1.